The van der Waals surface area contributed by atoms with Gasteiger partial charge in [0, 0.05) is 45.2 Å². The average molecular weight is 793 g/mol. The molecule has 286 valence electrons. The number of pyridine rings is 1. The fourth-order valence-electron chi connectivity index (χ4n) is 8.79. The molecule has 3 aromatic heterocycles. The molecule has 0 unspecified atom stereocenters. The Balaban J connectivity index is 1.11. The zero-order chi connectivity index (χ0) is 40.0. The van der Waals surface area contributed by atoms with Crippen molar-refractivity contribution in [2.24, 2.45) is 0 Å². The first-order valence-corrected chi connectivity index (χ1v) is 21.8. The van der Waals surface area contributed by atoms with Gasteiger partial charge in [-0.1, -0.05) is 115 Å². The molecule has 0 saturated carbocycles. The molecular formula is C53H39N5OP+. The van der Waals surface area contributed by atoms with Crippen molar-refractivity contribution >= 4 is 79.6 Å². The Morgan fingerprint density at radius 1 is 0.333 bits per heavy atom. The average Bonchev–Trinajstić information content (AvgIpc) is 3.84. The van der Waals surface area contributed by atoms with Crippen molar-refractivity contribution in [1.82, 2.24) is 14.1 Å². The van der Waals surface area contributed by atoms with E-state index in [1.165, 1.54) is 21.5 Å². The summed E-state index contributed by atoms with van der Waals surface area (Å²) in [6, 6.07) is 77.4. The Bertz CT molecular complexity index is 2970. The minimum Gasteiger partial charge on any atom is -0.309 e. The molecule has 3 heterocycles. The number of rotatable bonds is 9. The summed E-state index contributed by atoms with van der Waals surface area (Å²) >= 11 is 0. The molecule has 0 bridgehead atoms. The van der Waals surface area contributed by atoms with Crippen LogP contribution in [0, 0.1) is 0 Å². The van der Waals surface area contributed by atoms with Gasteiger partial charge in [0.2, 0.25) is 0 Å². The second kappa shape index (κ2) is 14.7. The van der Waals surface area contributed by atoms with Crippen LogP contribution >= 0.6 is 7.79 Å². The van der Waals surface area contributed by atoms with Crippen LogP contribution < -0.4 is 14.8 Å². The van der Waals surface area contributed by atoms with Crippen LogP contribution in [0.1, 0.15) is 0 Å². The van der Waals surface area contributed by atoms with Crippen LogP contribution in [0.3, 0.4) is 0 Å². The van der Waals surface area contributed by atoms with E-state index in [0.717, 1.165) is 56.2 Å². The largest absolute Gasteiger partial charge is 0.395 e. The standard InChI is InChI=1S/C53H39N5OP/c59-60(53-29-15-16-38-54-53,57(41-17-3-1-4-18-41)43-34-30-39(31-35-43)55-49-25-11-7-21-45(49)46-22-8-12-26-50(46)55)58(42-19-5-2-6-20-42)44-36-32-40(33-37-44)56-51-27-13-9-23-47(51)48-24-10-14-28-52(48)56/h1-38,59H/q+1. The van der Waals surface area contributed by atoms with E-state index in [-0.39, 0.29) is 0 Å². The van der Waals surface area contributed by atoms with Crippen LogP contribution in [0.2, 0.25) is 0 Å². The molecule has 0 atom stereocenters. The zero-order valence-electron chi connectivity index (χ0n) is 32.6. The summed E-state index contributed by atoms with van der Waals surface area (Å²) in [7, 11) is -3.69. The lowest BCUT2D eigenvalue weighted by atomic mass is 10.2. The summed E-state index contributed by atoms with van der Waals surface area (Å²) in [5.41, 5.74) is 10.5. The quantitative estimate of drug-likeness (QED) is 0.148. The first-order valence-electron chi connectivity index (χ1n) is 20.1. The van der Waals surface area contributed by atoms with Crippen molar-refractivity contribution < 1.29 is 4.89 Å². The molecule has 0 amide bonds. The minimum atomic E-state index is -3.69. The number of hydrogen-bond donors (Lipinski definition) is 1. The molecule has 0 aliphatic rings. The van der Waals surface area contributed by atoms with E-state index in [1.807, 2.05) is 54.6 Å². The second-order valence-corrected chi connectivity index (χ2v) is 17.2. The maximum absolute atomic E-state index is 14.2. The molecule has 11 rings (SSSR count). The minimum absolute atomic E-state index is 0.565. The zero-order valence-corrected chi connectivity index (χ0v) is 33.5. The maximum Gasteiger partial charge on any atom is 0.395 e. The van der Waals surface area contributed by atoms with Crippen molar-refractivity contribution in [2.45, 2.75) is 0 Å². The molecule has 0 aliphatic carbocycles. The fraction of sp³-hybridized carbons (Fsp3) is 0. The Morgan fingerprint density at radius 3 is 1.00 bits per heavy atom. The highest BCUT2D eigenvalue weighted by atomic mass is 31.2. The van der Waals surface area contributed by atoms with Crippen molar-refractivity contribution in [2.75, 3.05) is 9.34 Å². The molecule has 0 fully saturated rings. The lowest BCUT2D eigenvalue weighted by molar-refractivity contribution is 0.608. The highest BCUT2D eigenvalue weighted by molar-refractivity contribution is 7.81. The predicted octanol–water partition coefficient (Wildman–Crippen LogP) is 13.3. The van der Waals surface area contributed by atoms with Crippen molar-refractivity contribution in [1.29, 1.82) is 0 Å². The number of para-hydroxylation sites is 6. The fourth-order valence-corrected chi connectivity index (χ4v) is 11.7. The molecule has 60 heavy (non-hydrogen) atoms. The van der Waals surface area contributed by atoms with Crippen LogP contribution in [-0.4, -0.2) is 19.0 Å². The van der Waals surface area contributed by atoms with Crippen LogP contribution in [-0.2, 0) is 0 Å². The van der Waals surface area contributed by atoms with Crippen molar-refractivity contribution in [3.05, 3.63) is 231 Å². The highest BCUT2D eigenvalue weighted by Gasteiger charge is 2.56. The third-order valence-electron chi connectivity index (χ3n) is 11.4. The summed E-state index contributed by atoms with van der Waals surface area (Å²) in [5, 5.41) is 4.84. The number of aromatic nitrogens is 3. The van der Waals surface area contributed by atoms with Crippen LogP contribution in [0.15, 0.2) is 231 Å². The summed E-state index contributed by atoms with van der Waals surface area (Å²) in [6.07, 6.45) is 1.77. The van der Waals surface area contributed by atoms with Crippen molar-refractivity contribution in [3.8, 4) is 11.4 Å². The normalized spacial score (nSPS) is 11.8. The highest BCUT2D eigenvalue weighted by Crippen LogP contribution is 2.68. The smallest absolute Gasteiger partial charge is 0.309 e. The van der Waals surface area contributed by atoms with Gasteiger partial charge >= 0.3 is 7.79 Å². The van der Waals surface area contributed by atoms with Crippen LogP contribution in [0.5, 0.6) is 0 Å². The summed E-state index contributed by atoms with van der Waals surface area (Å²) in [4.78, 5) is 19.1. The molecule has 8 aromatic carbocycles. The number of nitrogens with zero attached hydrogens (tertiary/aromatic N) is 5. The SMILES string of the molecule is O[P+](c1ccccn1)(N(c1ccccc1)c1ccc(-n2c3ccccc3c3ccccc32)cc1)N(c1ccccc1)c1ccc(-n2c3ccccc3c3ccccc32)cc1. The van der Waals surface area contributed by atoms with Crippen LogP contribution in [0.4, 0.5) is 22.7 Å². The van der Waals surface area contributed by atoms with E-state index in [0.29, 0.717) is 5.44 Å². The van der Waals surface area contributed by atoms with Gasteiger partial charge in [0.15, 0.2) is 0 Å². The molecular weight excluding hydrogens is 754 g/mol. The van der Waals surface area contributed by atoms with Gasteiger partial charge in [0.05, 0.1) is 44.8 Å². The van der Waals surface area contributed by atoms with E-state index in [4.69, 9.17) is 4.98 Å². The number of benzene rings is 8. The van der Waals surface area contributed by atoms with Crippen molar-refractivity contribution in [3.63, 3.8) is 0 Å². The van der Waals surface area contributed by atoms with Gasteiger partial charge in [0.25, 0.3) is 5.44 Å². The topological polar surface area (TPSA) is 49.5 Å². The third kappa shape index (κ3) is 5.77. The molecule has 0 aliphatic heterocycles. The van der Waals surface area contributed by atoms with Gasteiger partial charge in [-0.3, -0.25) is 0 Å². The Hall–Kier alpha value is -7.50. The van der Waals surface area contributed by atoms with E-state index in [9.17, 15) is 4.89 Å². The van der Waals surface area contributed by atoms with Crippen LogP contribution in [0.25, 0.3) is 55.0 Å². The Labute approximate surface area is 348 Å². The lowest BCUT2D eigenvalue weighted by Crippen LogP contribution is -2.38. The van der Waals surface area contributed by atoms with E-state index < -0.39 is 7.79 Å². The Morgan fingerprint density at radius 2 is 0.650 bits per heavy atom. The summed E-state index contributed by atoms with van der Waals surface area (Å²) in [6.45, 7) is 0. The maximum atomic E-state index is 14.2. The summed E-state index contributed by atoms with van der Waals surface area (Å²) in [5.74, 6) is 0. The lowest BCUT2D eigenvalue weighted by Gasteiger charge is -2.39. The molecule has 0 radical (unpaired) electrons. The van der Waals surface area contributed by atoms with E-state index >= 15 is 0 Å². The molecule has 11 aromatic rings. The number of fused-ring (bicyclic) bond motifs is 6. The van der Waals surface area contributed by atoms with Gasteiger partial charge in [0.1, 0.15) is 0 Å². The first kappa shape index (κ1) is 35.6. The monoisotopic (exact) mass is 792 g/mol. The molecule has 0 spiro atoms. The number of anilines is 4. The third-order valence-corrected chi connectivity index (χ3v) is 14.3. The van der Waals surface area contributed by atoms with Gasteiger partial charge in [-0.15, -0.1) is 0 Å². The number of hydrogen-bond acceptors (Lipinski definition) is 4. The predicted molar refractivity (Wildman–Crippen MR) is 252 cm³/mol. The summed E-state index contributed by atoms with van der Waals surface area (Å²) < 4.78 is 8.82. The van der Waals surface area contributed by atoms with Gasteiger partial charge in [-0.05, 0) is 103 Å². The van der Waals surface area contributed by atoms with E-state index in [1.54, 1.807) is 6.20 Å². The molecule has 7 heteroatoms. The van der Waals surface area contributed by atoms with E-state index in [2.05, 4.69) is 188 Å². The molecule has 1 N–H and O–H groups in total. The Kier molecular flexibility index (Phi) is 8.74. The first-order chi connectivity index (χ1) is 29.7. The molecule has 6 nitrogen and oxygen atoms in total. The van der Waals surface area contributed by atoms with Gasteiger partial charge < -0.3 is 9.13 Å². The van der Waals surface area contributed by atoms with Gasteiger partial charge in [-0.2, -0.15) is 14.2 Å². The second-order valence-electron chi connectivity index (χ2n) is 14.8. The van der Waals surface area contributed by atoms with Gasteiger partial charge in [-0.25, -0.2) is 4.98 Å². The molecule has 0 saturated heterocycles.